The van der Waals surface area contributed by atoms with Gasteiger partial charge >= 0.3 is 0 Å². The van der Waals surface area contributed by atoms with Gasteiger partial charge in [-0.05, 0) is 38.5 Å². The molecule has 0 bridgehead atoms. The minimum atomic E-state index is 1.28. The summed E-state index contributed by atoms with van der Waals surface area (Å²) in [4.78, 5) is 0. The minimum absolute atomic E-state index is 1.28. The lowest BCUT2D eigenvalue weighted by Gasteiger charge is -2.14. The lowest BCUT2D eigenvalue weighted by molar-refractivity contribution is 0.537. The summed E-state index contributed by atoms with van der Waals surface area (Å²) in [5, 5.41) is 0. The van der Waals surface area contributed by atoms with Gasteiger partial charge < -0.3 is 0 Å². The molecule has 1 aliphatic rings. The van der Waals surface area contributed by atoms with Crippen LogP contribution in [0.1, 0.15) is 97.3 Å². The first kappa shape index (κ1) is 14.8. The Hall–Kier alpha value is -0.260. The first-order chi connectivity index (χ1) is 8.38. The zero-order chi connectivity index (χ0) is 12.3. The summed E-state index contributed by atoms with van der Waals surface area (Å²) in [6, 6.07) is 0. The molecule has 0 aliphatic heterocycles. The predicted molar refractivity (Wildman–Crippen MR) is 78.4 cm³/mol. The summed E-state index contributed by atoms with van der Waals surface area (Å²) in [5.41, 5.74) is 3.60. The number of allylic oxidation sites excluding steroid dienone is 2. The highest BCUT2D eigenvalue weighted by Crippen LogP contribution is 2.25. The average Bonchev–Trinajstić information content (AvgIpc) is 2.33. The number of hydrogen-bond acceptors (Lipinski definition) is 0. The molecule has 1 fully saturated rings. The highest BCUT2D eigenvalue weighted by atomic mass is 14.1. The Kier molecular flexibility index (Phi) is 8.48. The fourth-order valence-electron chi connectivity index (χ4n) is 3.14. The maximum absolute atomic E-state index is 2.34. The molecule has 0 heterocycles. The third-order valence-corrected chi connectivity index (χ3v) is 4.31. The standard InChI is InChI=1S/C17H32/c1-3-16(4-2)17-14-12-10-8-6-5-7-9-11-13-15-17/h3-15H2,1-2H3. The zero-order valence-electron chi connectivity index (χ0n) is 12.2. The van der Waals surface area contributed by atoms with Crippen molar-refractivity contribution in [1.29, 1.82) is 0 Å². The van der Waals surface area contributed by atoms with Crippen molar-refractivity contribution in [3.63, 3.8) is 0 Å². The molecule has 0 heteroatoms. The predicted octanol–water partition coefficient (Wildman–Crippen LogP) is 6.41. The molecule has 0 nitrogen and oxygen atoms in total. The quantitative estimate of drug-likeness (QED) is 0.486. The van der Waals surface area contributed by atoms with Crippen LogP contribution >= 0.6 is 0 Å². The van der Waals surface area contributed by atoms with Crippen LogP contribution in [0.15, 0.2) is 11.1 Å². The second-order valence-corrected chi connectivity index (χ2v) is 5.60. The SMILES string of the molecule is CCC(CC)=C1CCCCCCCCCCC1. The molecule has 1 aliphatic carbocycles. The Morgan fingerprint density at radius 3 is 1.35 bits per heavy atom. The summed E-state index contributed by atoms with van der Waals surface area (Å²) in [6.07, 6.45) is 18.6. The van der Waals surface area contributed by atoms with Crippen LogP contribution in [0.5, 0.6) is 0 Å². The minimum Gasteiger partial charge on any atom is -0.0716 e. The van der Waals surface area contributed by atoms with E-state index in [0.717, 1.165) is 0 Å². The van der Waals surface area contributed by atoms with E-state index in [9.17, 15) is 0 Å². The Morgan fingerprint density at radius 2 is 1.00 bits per heavy atom. The first-order valence-corrected chi connectivity index (χ1v) is 8.08. The van der Waals surface area contributed by atoms with Crippen molar-refractivity contribution >= 4 is 0 Å². The lowest BCUT2D eigenvalue weighted by Crippen LogP contribution is -1.94. The van der Waals surface area contributed by atoms with Crippen molar-refractivity contribution in [2.75, 3.05) is 0 Å². The maximum atomic E-state index is 2.34. The lowest BCUT2D eigenvalue weighted by atomic mass is 9.92. The Balaban J connectivity index is 2.50. The van der Waals surface area contributed by atoms with Crippen LogP contribution in [-0.4, -0.2) is 0 Å². The van der Waals surface area contributed by atoms with Gasteiger partial charge in [-0.3, -0.25) is 0 Å². The molecular formula is C17H32. The van der Waals surface area contributed by atoms with Gasteiger partial charge in [-0.25, -0.2) is 0 Å². The average molecular weight is 236 g/mol. The Morgan fingerprint density at radius 1 is 0.647 bits per heavy atom. The third-order valence-electron chi connectivity index (χ3n) is 4.31. The van der Waals surface area contributed by atoms with Crippen molar-refractivity contribution < 1.29 is 0 Å². The van der Waals surface area contributed by atoms with E-state index >= 15 is 0 Å². The normalized spacial score (nSPS) is 20.5. The van der Waals surface area contributed by atoms with Gasteiger partial charge in [0.25, 0.3) is 0 Å². The van der Waals surface area contributed by atoms with Crippen LogP contribution < -0.4 is 0 Å². The van der Waals surface area contributed by atoms with Crippen LogP contribution in [0.25, 0.3) is 0 Å². The fourth-order valence-corrected chi connectivity index (χ4v) is 3.14. The first-order valence-electron chi connectivity index (χ1n) is 8.08. The molecule has 0 aromatic rings. The monoisotopic (exact) mass is 236 g/mol. The van der Waals surface area contributed by atoms with E-state index < -0.39 is 0 Å². The van der Waals surface area contributed by atoms with E-state index in [1.54, 1.807) is 5.57 Å². The third kappa shape index (κ3) is 6.29. The molecule has 0 amide bonds. The molecule has 17 heavy (non-hydrogen) atoms. The molecule has 0 aromatic carbocycles. The van der Waals surface area contributed by atoms with E-state index in [1.165, 1.54) is 83.5 Å². The van der Waals surface area contributed by atoms with Crippen LogP contribution in [-0.2, 0) is 0 Å². The molecule has 0 unspecified atom stereocenters. The van der Waals surface area contributed by atoms with E-state index in [1.807, 2.05) is 5.57 Å². The molecule has 0 radical (unpaired) electrons. The van der Waals surface area contributed by atoms with Crippen molar-refractivity contribution in [1.82, 2.24) is 0 Å². The summed E-state index contributed by atoms with van der Waals surface area (Å²) in [5.74, 6) is 0. The topological polar surface area (TPSA) is 0 Å². The molecule has 0 saturated heterocycles. The molecule has 100 valence electrons. The molecule has 0 aromatic heterocycles. The number of hydrogen-bond donors (Lipinski definition) is 0. The summed E-state index contributed by atoms with van der Waals surface area (Å²) in [6.45, 7) is 4.67. The molecule has 1 saturated carbocycles. The van der Waals surface area contributed by atoms with Gasteiger partial charge in [-0.1, -0.05) is 69.9 Å². The van der Waals surface area contributed by atoms with E-state index in [4.69, 9.17) is 0 Å². The fraction of sp³-hybridized carbons (Fsp3) is 0.882. The van der Waals surface area contributed by atoms with Gasteiger partial charge in [0.1, 0.15) is 0 Å². The highest BCUT2D eigenvalue weighted by molar-refractivity contribution is 5.13. The van der Waals surface area contributed by atoms with E-state index in [-0.39, 0.29) is 0 Å². The smallest absolute Gasteiger partial charge is 0.0318 e. The van der Waals surface area contributed by atoms with Gasteiger partial charge in [0.05, 0.1) is 0 Å². The van der Waals surface area contributed by atoms with Crippen LogP contribution in [0.4, 0.5) is 0 Å². The van der Waals surface area contributed by atoms with Crippen LogP contribution in [0, 0.1) is 0 Å². The summed E-state index contributed by atoms with van der Waals surface area (Å²) in [7, 11) is 0. The zero-order valence-corrected chi connectivity index (χ0v) is 12.2. The van der Waals surface area contributed by atoms with Crippen LogP contribution in [0.2, 0.25) is 0 Å². The number of rotatable bonds is 2. The Bertz CT molecular complexity index is 192. The van der Waals surface area contributed by atoms with Gasteiger partial charge in [-0.2, -0.15) is 0 Å². The van der Waals surface area contributed by atoms with E-state index in [2.05, 4.69) is 13.8 Å². The molecule has 0 N–H and O–H groups in total. The van der Waals surface area contributed by atoms with E-state index in [0.29, 0.717) is 0 Å². The molecule has 1 rings (SSSR count). The van der Waals surface area contributed by atoms with Crippen LogP contribution in [0.3, 0.4) is 0 Å². The second-order valence-electron chi connectivity index (χ2n) is 5.60. The Labute approximate surface area is 109 Å². The summed E-state index contributed by atoms with van der Waals surface area (Å²) < 4.78 is 0. The summed E-state index contributed by atoms with van der Waals surface area (Å²) >= 11 is 0. The largest absolute Gasteiger partial charge is 0.0716 e. The van der Waals surface area contributed by atoms with Gasteiger partial charge in [0.15, 0.2) is 0 Å². The molecule has 0 atom stereocenters. The van der Waals surface area contributed by atoms with Gasteiger partial charge in [0, 0.05) is 0 Å². The van der Waals surface area contributed by atoms with Crippen molar-refractivity contribution in [2.45, 2.75) is 97.3 Å². The molecular weight excluding hydrogens is 204 g/mol. The maximum Gasteiger partial charge on any atom is -0.0318 e. The molecule has 0 spiro atoms. The van der Waals surface area contributed by atoms with Crippen molar-refractivity contribution in [3.05, 3.63) is 11.1 Å². The highest BCUT2D eigenvalue weighted by Gasteiger charge is 2.05. The van der Waals surface area contributed by atoms with Crippen molar-refractivity contribution in [3.8, 4) is 0 Å². The second kappa shape index (κ2) is 9.74. The van der Waals surface area contributed by atoms with Gasteiger partial charge in [-0.15, -0.1) is 0 Å². The van der Waals surface area contributed by atoms with Gasteiger partial charge in [0.2, 0.25) is 0 Å². The van der Waals surface area contributed by atoms with Crippen molar-refractivity contribution in [2.24, 2.45) is 0 Å².